The number of hydrogen-bond acceptors (Lipinski definition) is 3. The molecule has 0 aromatic heterocycles. The molecule has 92 valence electrons. The van der Waals surface area contributed by atoms with Crippen molar-refractivity contribution in [3.8, 4) is 11.5 Å². The highest BCUT2D eigenvalue weighted by molar-refractivity contribution is 5.41. The van der Waals surface area contributed by atoms with Gasteiger partial charge in [-0.25, -0.2) is 0 Å². The van der Waals surface area contributed by atoms with E-state index in [0.29, 0.717) is 11.5 Å². The van der Waals surface area contributed by atoms with Crippen LogP contribution in [0, 0.1) is 0 Å². The maximum absolute atomic E-state index is 5.03. The highest BCUT2D eigenvalue weighted by atomic mass is 17.5. The van der Waals surface area contributed by atoms with Crippen LogP contribution in [0.2, 0.25) is 0 Å². The van der Waals surface area contributed by atoms with Crippen molar-refractivity contribution >= 4 is 0 Å². The molecule has 18 heavy (non-hydrogen) atoms. The van der Waals surface area contributed by atoms with Crippen LogP contribution in [-0.4, -0.2) is 0 Å². The first-order valence-electron chi connectivity index (χ1n) is 5.88. The van der Waals surface area contributed by atoms with Crippen molar-refractivity contribution in [1.29, 1.82) is 0 Å². The molecule has 4 aliphatic heterocycles. The number of rotatable bonds is 0. The largest absolute Gasteiger partial charge is 0.299 e. The SMILES string of the molecule is CC1(C)c2ccc(cc2)OOOc2ccc1cc2. The molecule has 0 amide bonds. The fourth-order valence-electron chi connectivity index (χ4n) is 2.12. The van der Waals surface area contributed by atoms with Crippen LogP contribution in [-0.2, 0) is 10.5 Å². The maximum Gasteiger partial charge on any atom is 0.169 e. The molecule has 0 saturated heterocycles. The molecule has 2 aromatic carbocycles. The molecule has 0 N–H and O–H groups in total. The van der Waals surface area contributed by atoms with Gasteiger partial charge in [0.15, 0.2) is 11.5 Å². The second kappa shape index (κ2) is 4.03. The minimum Gasteiger partial charge on any atom is -0.299 e. The third-order valence-electron chi connectivity index (χ3n) is 3.41. The van der Waals surface area contributed by atoms with Crippen molar-refractivity contribution < 1.29 is 14.8 Å². The Morgan fingerprint density at radius 2 is 1.06 bits per heavy atom. The second-order valence-electron chi connectivity index (χ2n) is 4.91. The first-order valence-corrected chi connectivity index (χ1v) is 5.88. The summed E-state index contributed by atoms with van der Waals surface area (Å²) in [5.74, 6) is 1.23. The average Bonchev–Trinajstić information content (AvgIpc) is 2.39. The highest BCUT2D eigenvalue weighted by Gasteiger charge is 2.23. The lowest BCUT2D eigenvalue weighted by atomic mass is 9.78. The van der Waals surface area contributed by atoms with Gasteiger partial charge in [-0.3, -0.25) is 9.78 Å². The Bertz CT molecular complexity index is 491. The smallest absolute Gasteiger partial charge is 0.169 e. The summed E-state index contributed by atoms with van der Waals surface area (Å²) in [7, 11) is 0. The molecule has 2 aromatic rings. The van der Waals surface area contributed by atoms with E-state index in [4.69, 9.17) is 14.8 Å². The summed E-state index contributed by atoms with van der Waals surface area (Å²) in [6.45, 7) is 4.39. The average molecular weight is 242 g/mol. The predicted octanol–water partition coefficient (Wildman–Crippen LogP) is 3.63. The third kappa shape index (κ3) is 1.83. The van der Waals surface area contributed by atoms with Crippen LogP contribution in [0.4, 0.5) is 0 Å². The molecule has 6 rings (SSSR count). The summed E-state index contributed by atoms with van der Waals surface area (Å²) in [5, 5.41) is 4.72. The lowest BCUT2D eigenvalue weighted by Crippen LogP contribution is -2.19. The van der Waals surface area contributed by atoms with Gasteiger partial charge in [0, 0.05) is 10.5 Å². The highest BCUT2D eigenvalue weighted by Crippen LogP contribution is 2.33. The van der Waals surface area contributed by atoms with Crippen LogP contribution in [0.5, 0.6) is 11.5 Å². The Kier molecular flexibility index (Phi) is 2.49. The van der Waals surface area contributed by atoms with Crippen LogP contribution < -0.4 is 9.78 Å². The van der Waals surface area contributed by atoms with E-state index < -0.39 is 0 Å². The molecule has 4 heterocycles. The summed E-state index contributed by atoms with van der Waals surface area (Å²) in [6.07, 6.45) is 0. The summed E-state index contributed by atoms with van der Waals surface area (Å²) >= 11 is 0. The molecule has 0 saturated carbocycles. The van der Waals surface area contributed by atoms with Gasteiger partial charge in [-0.1, -0.05) is 38.1 Å². The topological polar surface area (TPSA) is 27.7 Å². The van der Waals surface area contributed by atoms with Gasteiger partial charge in [0.1, 0.15) is 0 Å². The minimum absolute atomic E-state index is 0.0584. The molecule has 0 spiro atoms. The van der Waals surface area contributed by atoms with E-state index in [-0.39, 0.29) is 5.41 Å². The molecule has 0 radical (unpaired) electrons. The van der Waals surface area contributed by atoms with E-state index in [9.17, 15) is 0 Å². The Morgan fingerprint density at radius 1 is 0.667 bits per heavy atom. The summed E-state index contributed by atoms with van der Waals surface area (Å²) in [4.78, 5) is 10.1. The summed E-state index contributed by atoms with van der Waals surface area (Å²) in [5.41, 5.74) is 2.39. The molecular weight excluding hydrogens is 228 g/mol. The van der Waals surface area contributed by atoms with Gasteiger partial charge in [0.25, 0.3) is 0 Å². The predicted molar refractivity (Wildman–Crippen MR) is 67.4 cm³/mol. The van der Waals surface area contributed by atoms with E-state index in [0.717, 1.165) is 0 Å². The van der Waals surface area contributed by atoms with Gasteiger partial charge in [-0.2, -0.15) is 0 Å². The Hall–Kier alpha value is -2.00. The zero-order chi connectivity index (χ0) is 12.6. The molecule has 0 aliphatic carbocycles. The van der Waals surface area contributed by atoms with E-state index in [1.54, 1.807) is 0 Å². The molecule has 3 nitrogen and oxygen atoms in total. The second-order valence-corrected chi connectivity index (χ2v) is 4.91. The molecular formula is C15H14O3. The van der Waals surface area contributed by atoms with Crippen LogP contribution in [0.1, 0.15) is 25.0 Å². The Balaban J connectivity index is 2.15. The standard InChI is InChI=1S/C15H14O3/c1-15(2)11-3-7-13(8-4-11)16-18-17-14-9-5-12(15)6-10-14/h3-10H,1-2H3. The van der Waals surface area contributed by atoms with Crippen molar-refractivity contribution in [3.63, 3.8) is 0 Å². The van der Waals surface area contributed by atoms with Crippen molar-refractivity contribution in [2.75, 3.05) is 0 Å². The number of hydrogen-bond donors (Lipinski definition) is 0. The van der Waals surface area contributed by atoms with E-state index in [1.165, 1.54) is 11.1 Å². The molecule has 0 unspecified atom stereocenters. The van der Waals surface area contributed by atoms with Gasteiger partial charge in [-0.05, 0) is 35.4 Å². The van der Waals surface area contributed by atoms with E-state index in [1.807, 2.05) is 48.5 Å². The first kappa shape index (κ1) is 11.1. The van der Waals surface area contributed by atoms with Crippen molar-refractivity contribution in [2.24, 2.45) is 0 Å². The van der Waals surface area contributed by atoms with Crippen molar-refractivity contribution in [2.45, 2.75) is 19.3 Å². The van der Waals surface area contributed by atoms with Crippen LogP contribution in [0.25, 0.3) is 0 Å². The van der Waals surface area contributed by atoms with Crippen LogP contribution >= 0.6 is 0 Å². The zero-order valence-electron chi connectivity index (χ0n) is 10.3. The molecule has 4 aliphatic rings. The quantitative estimate of drug-likeness (QED) is 0.660. The number of benzene rings is 2. The van der Waals surface area contributed by atoms with Gasteiger partial charge in [0.05, 0.1) is 0 Å². The monoisotopic (exact) mass is 242 g/mol. The maximum atomic E-state index is 5.03. The first-order chi connectivity index (χ1) is 8.66. The Labute approximate surface area is 106 Å². The zero-order valence-corrected chi connectivity index (χ0v) is 10.3. The van der Waals surface area contributed by atoms with Crippen LogP contribution in [0.15, 0.2) is 48.5 Å². The van der Waals surface area contributed by atoms with E-state index in [2.05, 4.69) is 13.8 Å². The molecule has 3 heteroatoms. The van der Waals surface area contributed by atoms with Gasteiger partial charge in [0.2, 0.25) is 0 Å². The van der Waals surface area contributed by atoms with Gasteiger partial charge < -0.3 is 0 Å². The summed E-state index contributed by atoms with van der Waals surface area (Å²) in [6, 6.07) is 15.6. The Morgan fingerprint density at radius 3 is 1.44 bits per heavy atom. The van der Waals surface area contributed by atoms with Gasteiger partial charge >= 0.3 is 0 Å². The molecule has 0 fully saturated rings. The van der Waals surface area contributed by atoms with Crippen molar-refractivity contribution in [3.05, 3.63) is 59.7 Å². The van der Waals surface area contributed by atoms with Gasteiger partial charge in [-0.15, -0.1) is 0 Å². The van der Waals surface area contributed by atoms with Crippen molar-refractivity contribution in [1.82, 2.24) is 0 Å². The molecule has 4 bridgehead atoms. The molecule has 0 atom stereocenters. The van der Waals surface area contributed by atoms with E-state index >= 15 is 0 Å². The fourth-order valence-corrected chi connectivity index (χ4v) is 2.12. The minimum atomic E-state index is -0.0584. The third-order valence-corrected chi connectivity index (χ3v) is 3.41. The normalized spacial score (nSPS) is 16.3. The lowest BCUT2D eigenvalue weighted by Gasteiger charge is -2.26. The van der Waals surface area contributed by atoms with Crippen LogP contribution in [0.3, 0.4) is 0 Å². The fraction of sp³-hybridized carbons (Fsp3) is 0.200. The lowest BCUT2D eigenvalue weighted by molar-refractivity contribution is -0.411. The summed E-state index contributed by atoms with van der Waals surface area (Å²) < 4.78 is 0.